The van der Waals surface area contributed by atoms with Crippen LogP contribution in [-0.2, 0) is 20.5 Å². The summed E-state index contributed by atoms with van der Waals surface area (Å²) in [6.07, 6.45) is -5.28. The number of hydrogen-bond acceptors (Lipinski definition) is 3. The normalized spacial score (nSPS) is 19.8. The van der Waals surface area contributed by atoms with Gasteiger partial charge in [-0.25, -0.2) is 4.79 Å². The summed E-state index contributed by atoms with van der Waals surface area (Å²) in [5, 5.41) is 8.99. The Morgan fingerprint density at radius 1 is 1.42 bits per heavy atom. The minimum atomic E-state index is -4.48. The molecule has 1 N–H and O–H groups in total. The fourth-order valence-electron chi connectivity index (χ4n) is 2.70. The summed E-state index contributed by atoms with van der Waals surface area (Å²) in [5.41, 5.74) is -0.535. The predicted octanol–water partition coefficient (Wildman–Crippen LogP) is 2.51. The van der Waals surface area contributed by atoms with Crippen molar-refractivity contribution in [1.29, 1.82) is 0 Å². The average Bonchev–Trinajstić information content (AvgIpc) is 2.55. The third-order valence-electron chi connectivity index (χ3n) is 3.98. The van der Waals surface area contributed by atoms with E-state index in [1.807, 2.05) is 0 Å². The molecule has 1 aromatic carbocycles. The van der Waals surface area contributed by atoms with Crippen LogP contribution in [0.5, 0.6) is 0 Å². The number of morpholine rings is 1. The topological polar surface area (TPSA) is 66.8 Å². The Bertz CT molecular complexity index is 618. The number of carboxylic acid groups (broad SMARTS) is 1. The van der Waals surface area contributed by atoms with E-state index in [0.29, 0.717) is 6.42 Å². The minimum absolute atomic E-state index is 0.0851. The van der Waals surface area contributed by atoms with Crippen LogP contribution in [-0.4, -0.2) is 47.7 Å². The highest BCUT2D eigenvalue weighted by Gasteiger charge is 2.34. The molecule has 1 amide bonds. The quantitative estimate of drug-likeness (QED) is 0.911. The maximum absolute atomic E-state index is 12.9. The molecule has 1 aliphatic heterocycles. The van der Waals surface area contributed by atoms with Crippen molar-refractivity contribution >= 4 is 11.9 Å². The first kappa shape index (κ1) is 18.3. The molecular weight excluding hydrogens is 327 g/mol. The molecular formula is C16H18F3NO4. The van der Waals surface area contributed by atoms with E-state index in [0.717, 1.165) is 12.1 Å². The highest BCUT2D eigenvalue weighted by molar-refractivity contribution is 5.84. The zero-order chi connectivity index (χ0) is 17.9. The lowest BCUT2D eigenvalue weighted by atomic mass is 9.93. The Morgan fingerprint density at radius 3 is 2.71 bits per heavy atom. The van der Waals surface area contributed by atoms with Crippen LogP contribution in [0.3, 0.4) is 0 Å². The van der Waals surface area contributed by atoms with Gasteiger partial charge in [-0.15, -0.1) is 0 Å². The van der Waals surface area contributed by atoms with Crippen molar-refractivity contribution in [2.45, 2.75) is 31.5 Å². The molecule has 0 unspecified atom stereocenters. The number of benzene rings is 1. The lowest BCUT2D eigenvalue weighted by Gasteiger charge is -2.33. The summed E-state index contributed by atoms with van der Waals surface area (Å²) in [4.78, 5) is 25.0. The number of carbonyl (C=O) groups excluding carboxylic acids is 1. The summed E-state index contributed by atoms with van der Waals surface area (Å²) in [7, 11) is 0. The zero-order valence-electron chi connectivity index (χ0n) is 13.0. The van der Waals surface area contributed by atoms with Gasteiger partial charge in [0.2, 0.25) is 5.91 Å². The van der Waals surface area contributed by atoms with E-state index in [-0.39, 0.29) is 31.2 Å². The van der Waals surface area contributed by atoms with Gasteiger partial charge < -0.3 is 14.7 Å². The van der Waals surface area contributed by atoms with Gasteiger partial charge in [0.15, 0.2) is 6.10 Å². The highest BCUT2D eigenvalue weighted by atomic mass is 19.4. The molecule has 132 valence electrons. The zero-order valence-corrected chi connectivity index (χ0v) is 13.0. The number of ether oxygens (including phenoxy) is 1. The summed E-state index contributed by atoms with van der Waals surface area (Å²) >= 11 is 0. The third-order valence-corrected chi connectivity index (χ3v) is 3.98. The molecule has 8 heteroatoms. The van der Waals surface area contributed by atoms with Gasteiger partial charge in [-0.2, -0.15) is 13.2 Å². The molecule has 5 nitrogen and oxygen atoms in total. The summed E-state index contributed by atoms with van der Waals surface area (Å²) in [6, 6.07) is 4.68. The molecule has 1 heterocycles. The van der Waals surface area contributed by atoms with E-state index < -0.39 is 29.7 Å². The third kappa shape index (κ3) is 4.05. The maximum Gasteiger partial charge on any atom is 0.416 e. The molecule has 0 radical (unpaired) electrons. The van der Waals surface area contributed by atoms with E-state index in [2.05, 4.69) is 0 Å². The smallest absolute Gasteiger partial charge is 0.416 e. The molecule has 0 spiro atoms. The molecule has 0 bridgehead atoms. The first-order valence-electron chi connectivity index (χ1n) is 7.54. The van der Waals surface area contributed by atoms with Crippen LogP contribution in [0.1, 0.15) is 30.4 Å². The monoisotopic (exact) mass is 345 g/mol. The number of alkyl halides is 3. The summed E-state index contributed by atoms with van der Waals surface area (Å²) in [6.45, 7) is 1.90. The Labute approximate surface area is 137 Å². The molecule has 1 fully saturated rings. The van der Waals surface area contributed by atoms with Gasteiger partial charge in [0, 0.05) is 6.54 Å². The fraction of sp³-hybridized carbons (Fsp3) is 0.500. The van der Waals surface area contributed by atoms with Crippen LogP contribution in [0.25, 0.3) is 0 Å². The minimum Gasteiger partial charge on any atom is -0.479 e. The van der Waals surface area contributed by atoms with Crippen molar-refractivity contribution in [3.63, 3.8) is 0 Å². The summed E-state index contributed by atoms with van der Waals surface area (Å²) < 4.78 is 43.6. The standard InChI is InChI=1S/C16H18F3NO4/c1-2-12(10-4-3-5-11(8-10)16(17,18)19)14(21)20-6-7-24-13(9-20)15(22)23/h3-5,8,12-13H,2,6-7,9H2,1H3,(H,22,23)/t12-,13-/m1/s1. The van der Waals surface area contributed by atoms with Gasteiger partial charge in [-0.05, 0) is 18.1 Å². The maximum atomic E-state index is 12.9. The lowest BCUT2D eigenvalue weighted by molar-refractivity contribution is -0.159. The van der Waals surface area contributed by atoms with Crippen LogP contribution < -0.4 is 0 Å². The Balaban J connectivity index is 2.21. The van der Waals surface area contributed by atoms with Gasteiger partial charge in [0.05, 0.1) is 24.6 Å². The van der Waals surface area contributed by atoms with Crippen LogP contribution in [0, 0.1) is 0 Å². The fourth-order valence-corrected chi connectivity index (χ4v) is 2.70. The highest BCUT2D eigenvalue weighted by Crippen LogP contribution is 2.32. The molecule has 2 rings (SSSR count). The number of rotatable bonds is 4. The molecule has 0 saturated carbocycles. The molecule has 0 aromatic heterocycles. The van der Waals surface area contributed by atoms with Crippen molar-refractivity contribution in [2.24, 2.45) is 0 Å². The first-order valence-corrected chi connectivity index (χ1v) is 7.54. The molecule has 24 heavy (non-hydrogen) atoms. The Hall–Kier alpha value is -2.09. The second kappa shape index (κ2) is 7.21. The van der Waals surface area contributed by atoms with Gasteiger partial charge in [-0.3, -0.25) is 4.79 Å². The number of amides is 1. The second-order valence-electron chi connectivity index (χ2n) is 5.57. The van der Waals surface area contributed by atoms with E-state index in [1.165, 1.54) is 17.0 Å². The summed E-state index contributed by atoms with van der Waals surface area (Å²) in [5.74, 6) is -2.30. The molecule has 1 aliphatic rings. The van der Waals surface area contributed by atoms with E-state index >= 15 is 0 Å². The van der Waals surface area contributed by atoms with E-state index in [9.17, 15) is 22.8 Å². The van der Waals surface area contributed by atoms with Crippen molar-refractivity contribution in [2.75, 3.05) is 19.7 Å². The van der Waals surface area contributed by atoms with Crippen LogP contribution in [0.2, 0.25) is 0 Å². The first-order chi connectivity index (χ1) is 11.2. The van der Waals surface area contributed by atoms with Crippen LogP contribution in [0.15, 0.2) is 24.3 Å². The number of nitrogens with zero attached hydrogens (tertiary/aromatic N) is 1. The van der Waals surface area contributed by atoms with E-state index in [4.69, 9.17) is 9.84 Å². The Morgan fingerprint density at radius 2 is 2.12 bits per heavy atom. The number of hydrogen-bond donors (Lipinski definition) is 1. The molecule has 2 atom stereocenters. The lowest BCUT2D eigenvalue weighted by Crippen LogP contribution is -2.49. The van der Waals surface area contributed by atoms with Crippen molar-refractivity contribution < 1.29 is 32.6 Å². The van der Waals surface area contributed by atoms with Crippen molar-refractivity contribution in [3.05, 3.63) is 35.4 Å². The van der Waals surface area contributed by atoms with Crippen molar-refractivity contribution in [1.82, 2.24) is 4.90 Å². The second-order valence-corrected chi connectivity index (χ2v) is 5.57. The largest absolute Gasteiger partial charge is 0.479 e. The van der Waals surface area contributed by atoms with Crippen LogP contribution >= 0.6 is 0 Å². The number of aliphatic carboxylic acids is 1. The number of carbonyl (C=O) groups is 2. The average molecular weight is 345 g/mol. The Kier molecular flexibility index (Phi) is 5.48. The number of halogens is 3. The predicted molar refractivity (Wildman–Crippen MR) is 78.4 cm³/mol. The van der Waals surface area contributed by atoms with Crippen LogP contribution in [0.4, 0.5) is 13.2 Å². The van der Waals surface area contributed by atoms with Gasteiger partial charge in [0.25, 0.3) is 0 Å². The molecule has 0 aliphatic carbocycles. The van der Waals surface area contributed by atoms with Gasteiger partial charge in [0.1, 0.15) is 0 Å². The van der Waals surface area contributed by atoms with Gasteiger partial charge in [-0.1, -0.05) is 25.1 Å². The number of carboxylic acids is 1. The van der Waals surface area contributed by atoms with Gasteiger partial charge >= 0.3 is 12.1 Å². The molecule has 1 aromatic rings. The molecule has 1 saturated heterocycles. The van der Waals surface area contributed by atoms with E-state index in [1.54, 1.807) is 6.92 Å². The van der Waals surface area contributed by atoms with Crippen molar-refractivity contribution in [3.8, 4) is 0 Å². The SMILES string of the molecule is CC[C@@H](C(=O)N1CCO[C@@H](C(=O)O)C1)c1cccc(C(F)(F)F)c1.